The summed E-state index contributed by atoms with van der Waals surface area (Å²) in [6.45, 7) is 2.53. The smallest absolute Gasteiger partial charge is 0.319 e. The number of rotatable bonds is 6. The number of methoxy groups -OCH3 is 1. The van der Waals surface area contributed by atoms with Crippen molar-refractivity contribution in [3.8, 4) is 17.1 Å². The van der Waals surface area contributed by atoms with Gasteiger partial charge in [-0.3, -0.25) is 0 Å². The van der Waals surface area contributed by atoms with E-state index in [1.807, 2.05) is 43.3 Å². The minimum Gasteiger partial charge on any atom is -0.496 e. The molecule has 0 fully saturated rings. The van der Waals surface area contributed by atoms with Crippen LogP contribution in [0.1, 0.15) is 11.1 Å². The van der Waals surface area contributed by atoms with Crippen molar-refractivity contribution in [1.29, 1.82) is 0 Å². The second-order valence-corrected chi connectivity index (χ2v) is 6.15. The molecule has 0 unspecified atom stereocenters. The van der Waals surface area contributed by atoms with Gasteiger partial charge in [0, 0.05) is 24.8 Å². The van der Waals surface area contributed by atoms with Crippen molar-refractivity contribution >= 4 is 11.7 Å². The molecule has 3 rings (SSSR count). The Morgan fingerprint density at radius 3 is 2.81 bits per heavy atom. The van der Waals surface area contributed by atoms with E-state index in [9.17, 15) is 4.79 Å². The lowest BCUT2D eigenvalue weighted by Crippen LogP contribution is -2.30. The number of hydrogen-bond acceptors (Lipinski definition) is 5. The van der Waals surface area contributed by atoms with Gasteiger partial charge in [-0.25, -0.2) is 9.48 Å². The fraction of sp³-hybridized carbons (Fsp3) is 0.263. The number of urea groups is 1. The third kappa shape index (κ3) is 4.60. The van der Waals surface area contributed by atoms with E-state index in [1.165, 1.54) is 0 Å². The molecule has 1 aromatic heterocycles. The summed E-state index contributed by atoms with van der Waals surface area (Å²) in [6.07, 6.45) is 0.683. The Bertz CT molecular complexity index is 937. The monoisotopic (exact) mass is 366 g/mol. The van der Waals surface area contributed by atoms with Gasteiger partial charge in [-0.1, -0.05) is 29.8 Å². The van der Waals surface area contributed by atoms with Crippen LogP contribution < -0.4 is 15.4 Å². The standard InChI is InChI=1S/C19H22N6O2/c1-13-7-8-17(27-3)14(11-13)9-10-20-19(26)21-16-6-4-5-15(12-16)18-22-23-24-25(18)2/h4-8,11-12H,9-10H2,1-3H3,(H2,20,21,26). The quantitative estimate of drug-likeness (QED) is 0.699. The molecule has 0 aliphatic heterocycles. The highest BCUT2D eigenvalue weighted by atomic mass is 16.5. The van der Waals surface area contributed by atoms with E-state index < -0.39 is 0 Å². The number of anilines is 1. The number of amides is 2. The maximum atomic E-state index is 12.2. The first-order valence-corrected chi connectivity index (χ1v) is 8.58. The first kappa shape index (κ1) is 18.4. The van der Waals surface area contributed by atoms with Gasteiger partial charge in [-0.05, 0) is 47.5 Å². The molecule has 0 bridgehead atoms. The van der Waals surface area contributed by atoms with Crippen molar-refractivity contribution in [3.63, 3.8) is 0 Å². The highest BCUT2D eigenvalue weighted by molar-refractivity contribution is 5.89. The van der Waals surface area contributed by atoms with E-state index in [1.54, 1.807) is 18.8 Å². The summed E-state index contributed by atoms with van der Waals surface area (Å²) in [5.41, 5.74) is 3.71. The zero-order valence-corrected chi connectivity index (χ0v) is 15.6. The molecular formula is C19H22N6O2. The first-order valence-electron chi connectivity index (χ1n) is 8.58. The first-order chi connectivity index (χ1) is 13.1. The Morgan fingerprint density at radius 1 is 1.22 bits per heavy atom. The lowest BCUT2D eigenvalue weighted by Gasteiger charge is -2.11. The topological polar surface area (TPSA) is 94.0 Å². The van der Waals surface area contributed by atoms with E-state index in [0.29, 0.717) is 24.5 Å². The Balaban J connectivity index is 1.57. The van der Waals surface area contributed by atoms with Gasteiger partial charge in [0.05, 0.1) is 7.11 Å². The van der Waals surface area contributed by atoms with Gasteiger partial charge >= 0.3 is 6.03 Å². The lowest BCUT2D eigenvalue weighted by atomic mass is 10.1. The predicted molar refractivity (Wildman–Crippen MR) is 103 cm³/mol. The molecule has 0 atom stereocenters. The molecule has 0 aliphatic rings. The van der Waals surface area contributed by atoms with Gasteiger partial charge in [-0.15, -0.1) is 5.10 Å². The summed E-state index contributed by atoms with van der Waals surface area (Å²) in [5.74, 6) is 1.46. The summed E-state index contributed by atoms with van der Waals surface area (Å²) < 4.78 is 6.94. The number of carbonyl (C=O) groups excluding carboxylic acids is 1. The summed E-state index contributed by atoms with van der Waals surface area (Å²) >= 11 is 0. The van der Waals surface area contributed by atoms with Crippen LogP contribution in [0.3, 0.4) is 0 Å². The van der Waals surface area contributed by atoms with Crippen molar-refractivity contribution < 1.29 is 9.53 Å². The van der Waals surface area contributed by atoms with Gasteiger partial charge in [0.15, 0.2) is 5.82 Å². The molecule has 0 spiro atoms. The minimum atomic E-state index is -0.269. The van der Waals surface area contributed by atoms with Gasteiger partial charge in [0.25, 0.3) is 0 Å². The number of aryl methyl sites for hydroxylation is 2. The van der Waals surface area contributed by atoms with E-state index >= 15 is 0 Å². The van der Waals surface area contributed by atoms with Crippen molar-refractivity contribution in [1.82, 2.24) is 25.5 Å². The maximum absolute atomic E-state index is 12.2. The number of carbonyl (C=O) groups is 1. The molecule has 2 amide bonds. The minimum absolute atomic E-state index is 0.269. The van der Waals surface area contributed by atoms with E-state index in [-0.39, 0.29) is 6.03 Å². The van der Waals surface area contributed by atoms with Gasteiger partial charge in [0.2, 0.25) is 0 Å². The number of hydrogen-bond donors (Lipinski definition) is 2. The van der Waals surface area contributed by atoms with Crippen LogP contribution in [0.4, 0.5) is 10.5 Å². The molecule has 27 heavy (non-hydrogen) atoms. The van der Waals surface area contributed by atoms with E-state index in [4.69, 9.17) is 4.74 Å². The Hall–Kier alpha value is -3.42. The molecule has 2 N–H and O–H groups in total. The molecule has 8 nitrogen and oxygen atoms in total. The summed E-state index contributed by atoms with van der Waals surface area (Å²) in [6, 6.07) is 13.1. The molecule has 0 saturated heterocycles. The fourth-order valence-corrected chi connectivity index (χ4v) is 2.80. The molecule has 140 valence electrons. The zero-order valence-electron chi connectivity index (χ0n) is 15.6. The van der Waals surface area contributed by atoms with Crippen LogP contribution in [0.2, 0.25) is 0 Å². The average Bonchev–Trinajstić information content (AvgIpc) is 3.08. The Labute approximate surface area is 157 Å². The number of ether oxygens (including phenoxy) is 1. The summed E-state index contributed by atoms with van der Waals surface area (Å²) in [5, 5.41) is 17.1. The highest BCUT2D eigenvalue weighted by Gasteiger charge is 2.08. The van der Waals surface area contributed by atoms with Crippen LogP contribution in [0.25, 0.3) is 11.4 Å². The van der Waals surface area contributed by atoms with Crippen LogP contribution >= 0.6 is 0 Å². The molecular weight excluding hydrogens is 344 g/mol. The molecule has 1 heterocycles. The van der Waals surface area contributed by atoms with Crippen LogP contribution in [0, 0.1) is 6.92 Å². The highest BCUT2D eigenvalue weighted by Crippen LogP contribution is 2.20. The predicted octanol–water partition coefficient (Wildman–Crippen LogP) is 2.56. The second-order valence-electron chi connectivity index (χ2n) is 6.15. The molecule has 0 radical (unpaired) electrons. The lowest BCUT2D eigenvalue weighted by molar-refractivity contribution is 0.252. The van der Waals surface area contributed by atoms with Gasteiger partial charge in [0.1, 0.15) is 5.75 Å². The number of nitrogens with one attached hydrogen (secondary N) is 2. The Morgan fingerprint density at radius 2 is 2.07 bits per heavy atom. The summed E-state index contributed by atoms with van der Waals surface area (Å²) in [7, 11) is 3.41. The van der Waals surface area contributed by atoms with Crippen LogP contribution in [-0.2, 0) is 13.5 Å². The van der Waals surface area contributed by atoms with Gasteiger partial charge in [-0.2, -0.15) is 0 Å². The third-order valence-corrected chi connectivity index (χ3v) is 4.11. The van der Waals surface area contributed by atoms with E-state index in [2.05, 4.69) is 32.2 Å². The largest absolute Gasteiger partial charge is 0.496 e. The molecule has 2 aromatic carbocycles. The van der Waals surface area contributed by atoms with Crippen molar-refractivity contribution in [2.75, 3.05) is 19.0 Å². The summed E-state index contributed by atoms with van der Waals surface area (Å²) in [4.78, 5) is 12.2. The van der Waals surface area contributed by atoms with Crippen LogP contribution in [-0.4, -0.2) is 39.9 Å². The van der Waals surface area contributed by atoms with Crippen molar-refractivity contribution in [2.45, 2.75) is 13.3 Å². The number of nitrogens with zero attached hydrogens (tertiary/aromatic N) is 4. The third-order valence-electron chi connectivity index (χ3n) is 4.11. The zero-order chi connectivity index (χ0) is 19.2. The van der Waals surface area contributed by atoms with Gasteiger partial charge < -0.3 is 15.4 Å². The SMILES string of the molecule is COc1ccc(C)cc1CCNC(=O)Nc1cccc(-c2nnnn2C)c1. The molecule has 8 heteroatoms. The molecule has 0 saturated carbocycles. The maximum Gasteiger partial charge on any atom is 0.319 e. The normalized spacial score (nSPS) is 10.5. The van der Waals surface area contributed by atoms with Crippen LogP contribution in [0.5, 0.6) is 5.75 Å². The number of tetrazole rings is 1. The molecule has 0 aliphatic carbocycles. The average molecular weight is 366 g/mol. The number of aromatic nitrogens is 4. The fourth-order valence-electron chi connectivity index (χ4n) is 2.80. The number of benzene rings is 2. The van der Waals surface area contributed by atoms with Crippen LogP contribution in [0.15, 0.2) is 42.5 Å². The van der Waals surface area contributed by atoms with E-state index in [0.717, 1.165) is 22.4 Å². The molecule has 3 aromatic rings. The van der Waals surface area contributed by atoms with Crippen molar-refractivity contribution in [3.05, 3.63) is 53.6 Å². The second kappa shape index (κ2) is 8.31. The Kier molecular flexibility index (Phi) is 5.65. The van der Waals surface area contributed by atoms with Crippen molar-refractivity contribution in [2.24, 2.45) is 7.05 Å².